The lowest BCUT2D eigenvalue weighted by Gasteiger charge is -2.25. The van der Waals surface area contributed by atoms with Crippen LogP contribution in [0.1, 0.15) is 25.8 Å². The predicted octanol–water partition coefficient (Wildman–Crippen LogP) is 2.56. The molecule has 2 heterocycles. The molecule has 1 N–H and O–H groups in total. The monoisotopic (exact) mass is 297 g/mol. The Morgan fingerprint density at radius 3 is 2.90 bits per heavy atom. The molecule has 20 heavy (non-hydrogen) atoms. The number of nitrogens with zero attached hydrogens (tertiary/aromatic N) is 4. The van der Waals surface area contributed by atoms with Gasteiger partial charge in [-0.05, 0) is 18.8 Å². The number of hydrogen-bond acceptors (Lipinski definition) is 5. The van der Waals surface area contributed by atoms with Crippen LogP contribution in [0.2, 0.25) is 5.15 Å². The summed E-state index contributed by atoms with van der Waals surface area (Å²) in [6.07, 6.45) is 2.44. The van der Waals surface area contributed by atoms with E-state index in [9.17, 15) is 0 Å². The van der Waals surface area contributed by atoms with Crippen LogP contribution in [-0.4, -0.2) is 39.8 Å². The molecule has 110 valence electrons. The highest BCUT2D eigenvalue weighted by Gasteiger charge is 2.19. The minimum atomic E-state index is 0.102. The minimum absolute atomic E-state index is 0.102. The fraction of sp³-hybridized carbons (Fsp3) is 0.615. The second-order valence-electron chi connectivity index (χ2n) is 5.61. The van der Waals surface area contributed by atoms with Crippen LogP contribution in [0.5, 0.6) is 0 Å². The number of halogens is 1. The molecule has 0 unspecified atom stereocenters. The molecular weight excluding hydrogens is 278 g/mol. The molecule has 0 saturated carbocycles. The molecule has 0 atom stereocenters. The van der Waals surface area contributed by atoms with Gasteiger partial charge in [-0.15, -0.1) is 0 Å². The van der Waals surface area contributed by atoms with Gasteiger partial charge in [0.15, 0.2) is 0 Å². The molecule has 2 aromatic rings. The lowest BCUT2D eigenvalue weighted by molar-refractivity contribution is 0.157. The Morgan fingerprint density at radius 2 is 2.20 bits per heavy atom. The first-order valence-corrected chi connectivity index (χ1v) is 6.91. The molecule has 0 saturated heterocycles. The summed E-state index contributed by atoms with van der Waals surface area (Å²) < 4.78 is 6.82. The zero-order chi connectivity index (χ0) is 14.8. The fourth-order valence-electron chi connectivity index (χ4n) is 1.89. The molecule has 0 aliphatic carbocycles. The van der Waals surface area contributed by atoms with E-state index in [4.69, 9.17) is 16.3 Å². The van der Waals surface area contributed by atoms with E-state index in [2.05, 4.69) is 34.2 Å². The lowest BCUT2D eigenvalue weighted by Crippen LogP contribution is -2.26. The van der Waals surface area contributed by atoms with Gasteiger partial charge >= 0.3 is 0 Å². The molecule has 0 spiro atoms. The Hall–Kier alpha value is -1.40. The largest absolute Gasteiger partial charge is 0.385 e. The highest BCUT2D eigenvalue weighted by molar-refractivity contribution is 6.30. The third kappa shape index (κ3) is 3.19. The molecule has 0 aliphatic rings. The van der Waals surface area contributed by atoms with Gasteiger partial charge in [0.05, 0.1) is 0 Å². The molecule has 0 bridgehead atoms. The fourth-order valence-corrected chi connectivity index (χ4v) is 2.06. The number of methoxy groups -OCH3 is 1. The normalized spacial score (nSPS) is 12.1. The highest BCUT2D eigenvalue weighted by atomic mass is 35.5. The molecule has 2 rings (SSSR count). The van der Waals surface area contributed by atoms with Crippen molar-refractivity contribution >= 4 is 23.2 Å². The Labute approximate surface area is 123 Å². The summed E-state index contributed by atoms with van der Waals surface area (Å²) in [4.78, 5) is 8.26. The van der Waals surface area contributed by atoms with Crippen molar-refractivity contribution < 1.29 is 4.74 Å². The molecule has 0 amide bonds. The number of hydrogen-bond donors (Lipinski definition) is 1. The van der Waals surface area contributed by atoms with Gasteiger partial charge in [-0.1, -0.05) is 25.4 Å². The van der Waals surface area contributed by atoms with Crippen molar-refractivity contribution in [1.82, 2.24) is 19.6 Å². The Kier molecular flexibility index (Phi) is 4.45. The van der Waals surface area contributed by atoms with Crippen LogP contribution in [0.4, 0.5) is 5.82 Å². The summed E-state index contributed by atoms with van der Waals surface area (Å²) in [5, 5.41) is 8.04. The quantitative estimate of drug-likeness (QED) is 0.830. The van der Waals surface area contributed by atoms with Gasteiger partial charge in [0.1, 0.15) is 17.3 Å². The van der Waals surface area contributed by atoms with E-state index in [0.29, 0.717) is 10.9 Å². The number of nitrogens with one attached hydrogen (secondary N) is 1. The molecule has 6 nitrogen and oxygen atoms in total. The SMILES string of the molecule is COCCC(C)(C)CNc1c(C)c(Cl)nc2ncnn12. The van der Waals surface area contributed by atoms with E-state index >= 15 is 0 Å². The van der Waals surface area contributed by atoms with Crippen molar-refractivity contribution in [2.45, 2.75) is 27.2 Å². The summed E-state index contributed by atoms with van der Waals surface area (Å²) in [6.45, 7) is 7.82. The van der Waals surface area contributed by atoms with E-state index in [0.717, 1.165) is 31.0 Å². The van der Waals surface area contributed by atoms with Crippen molar-refractivity contribution in [2.24, 2.45) is 5.41 Å². The molecular formula is C13H20ClN5O. The number of ether oxygens (including phenoxy) is 1. The highest BCUT2D eigenvalue weighted by Crippen LogP contribution is 2.25. The van der Waals surface area contributed by atoms with Crippen LogP contribution in [0.15, 0.2) is 6.33 Å². The maximum Gasteiger partial charge on any atom is 0.255 e. The predicted molar refractivity (Wildman–Crippen MR) is 79.3 cm³/mol. The average molecular weight is 298 g/mol. The van der Waals surface area contributed by atoms with Crippen LogP contribution in [0.3, 0.4) is 0 Å². The van der Waals surface area contributed by atoms with Crippen molar-refractivity contribution in [1.29, 1.82) is 0 Å². The Balaban J connectivity index is 2.21. The second kappa shape index (κ2) is 5.93. The van der Waals surface area contributed by atoms with Gasteiger partial charge in [0.25, 0.3) is 5.78 Å². The first-order valence-electron chi connectivity index (χ1n) is 6.53. The van der Waals surface area contributed by atoms with E-state index in [1.807, 2.05) is 6.92 Å². The third-order valence-electron chi connectivity index (χ3n) is 3.32. The summed E-state index contributed by atoms with van der Waals surface area (Å²) in [5.74, 6) is 1.33. The molecule has 0 fully saturated rings. The van der Waals surface area contributed by atoms with Crippen LogP contribution < -0.4 is 5.32 Å². The van der Waals surface area contributed by atoms with Gasteiger partial charge in [-0.3, -0.25) is 0 Å². The van der Waals surface area contributed by atoms with Crippen molar-refractivity contribution in [3.8, 4) is 0 Å². The van der Waals surface area contributed by atoms with Crippen molar-refractivity contribution in [2.75, 3.05) is 25.6 Å². The summed E-state index contributed by atoms with van der Waals surface area (Å²) in [5.41, 5.74) is 0.970. The van der Waals surface area contributed by atoms with E-state index in [-0.39, 0.29) is 5.41 Å². The van der Waals surface area contributed by atoms with Crippen LogP contribution in [0, 0.1) is 12.3 Å². The lowest BCUT2D eigenvalue weighted by atomic mass is 9.90. The smallest absolute Gasteiger partial charge is 0.255 e. The van der Waals surface area contributed by atoms with Gasteiger partial charge in [0, 0.05) is 25.8 Å². The third-order valence-corrected chi connectivity index (χ3v) is 3.69. The van der Waals surface area contributed by atoms with Crippen molar-refractivity contribution in [3.63, 3.8) is 0 Å². The van der Waals surface area contributed by atoms with Crippen LogP contribution in [0.25, 0.3) is 5.78 Å². The zero-order valence-corrected chi connectivity index (χ0v) is 13.0. The Bertz CT molecular complexity index is 596. The summed E-state index contributed by atoms with van der Waals surface area (Å²) in [6, 6.07) is 0. The maximum atomic E-state index is 6.13. The molecule has 0 aromatic carbocycles. The second-order valence-corrected chi connectivity index (χ2v) is 5.97. The van der Waals surface area contributed by atoms with Crippen LogP contribution in [-0.2, 0) is 4.74 Å². The molecule has 0 aliphatic heterocycles. The van der Waals surface area contributed by atoms with E-state index in [1.54, 1.807) is 11.6 Å². The summed E-state index contributed by atoms with van der Waals surface area (Å²) in [7, 11) is 1.72. The van der Waals surface area contributed by atoms with E-state index in [1.165, 1.54) is 6.33 Å². The number of anilines is 1. The number of fused-ring (bicyclic) bond motifs is 1. The number of rotatable bonds is 6. The van der Waals surface area contributed by atoms with Crippen LogP contribution >= 0.6 is 11.6 Å². The molecule has 7 heteroatoms. The van der Waals surface area contributed by atoms with Gasteiger partial charge < -0.3 is 10.1 Å². The standard InChI is InChI=1S/C13H20ClN5O/c1-9-10(14)18-12-16-8-17-19(12)11(9)15-7-13(2,3)5-6-20-4/h8,15H,5-7H2,1-4H3. The molecule has 2 aromatic heterocycles. The topological polar surface area (TPSA) is 64.3 Å². The molecule has 0 radical (unpaired) electrons. The average Bonchev–Trinajstić information content (AvgIpc) is 2.84. The van der Waals surface area contributed by atoms with Gasteiger partial charge in [-0.25, -0.2) is 0 Å². The maximum absolute atomic E-state index is 6.13. The first-order chi connectivity index (χ1) is 9.44. The van der Waals surface area contributed by atoms with Crippen molar-refractivity contribution in [3.05, 3.63) is 17.0 Å². The Morgan fingerprint density at radius 1 is 1.45 bits per heavy atom. The summed E-state index contributed by atoms with van der Waals surface area (Å²) >= 11 is 6.13. The zero-order valence-electron chi connectivity index (χ0n) is 12.3. The first kappa shape index (κ1) is 15.0. The van der Waals surface area contributed by atoms with Gasteiger partial charge in [-0.2, -0.15) is 19.6 Å². The van der Waals surface area contributed by atoms with Gasteiger partial charge in [0.2, 0.25) is 0 Å². The van der Waals surface area contributed by atoms with E-state index < -0.39 is 0 Å². The number of aromatic nitrogens is 4. The minimum Gasteiger partial charge on any atom is -0.385 e.